The highest BCUT2D eigenvalue weighted by Crippen LogP contribution is 2.26. The van der Waals surface area contributed by atoms with Crippen molar-refractivity contribution in [1.82, 2.24) is 28.8 Å². The average molecular weight is 460 g/mol. The van der Waals surface area contributed by atoms with E-state index < -0.39 is 0 Å². The molecule has 152 valence electrons. The fourth-order valence-electron chi connectivity index (χ4n) is 3.39. The second kappa shape index (κ2) is 7.50. The summed E-state index contributed by atoms with van der Waals surface area (Å²) in [6.07, 6.45) is 0. The molecular formula is C19H15Cl2N7OS. The summed E-state index contributed by atoms with van der Waals surface area (Å²) < 4.78 is 5.77. The maximum absolute atomic E-state index is 12.3. The van der Waals surface area contributed by atoms with Gasteiger partial charge in [0.05, 0.1) is 26.8 Å². The first kappa shape index (κ1) is 19.2. The second-order valence-electron chi connectivity index (χ2n) is 6.53. The van der Waals surface area contributed by atoms with Crippen molar-refractivity contribution >= 4 is 69.1 Å². The van der Waals surface area contributed by atoms with E-state index in [0.29, 0.717) is 26.7 Å². The normalized spacial score (nSPS) is 11.7. The van der Waals surface area contributed by atoms with Crippen molar-refractivity contribution in [1.29, 1.82) is 0 Å². The summed E-state index contributed by atoms with van der Waals surface area (Å²) in [5.74, 6) is 1.35. The fourth-order valence-corrected chi connectivity index (χ4v) is 4.36. The molecule has 30 heavy (non-hydrogen) atoms. The third-order valence-corrected chi connectivity index (χ3v) is 6.35. The Morgan fingerprint density at radius 3 is 2.63 bits per heavy atom. The van der Waals surface area contributed by atoms with Gasteiger partial charge in [0.2, 0.25) is 16.8 Å². The van der Waals surface area contributed by atoms with E-state index in [4.69, 9.17) is 28.3 Å². The number of benzene rings is 2. The Bertz CT molecular complexity index is 1420. The summed E-state index contributed by atoms with van der Waals surface area (Å²) in [5, 5.41) is 17.4. The van der Waals surface area contributed by atoms with Crippen LogP contribution in [0.1, 0.15) is 6.92 Å². The minimum absolute atomic E-state index is 0.150. The van der Waals surface area contributed by atoms with Crippen LogP contribution in [-0.4, -0.2) is 40.4 Å². The SMILES string of the molecule is CCn1c2ccccc2n2c1nn1c(SCC(=O)Nc3ccc(Cl)c(Cl)c3)nnc12. The quantitative estimate of drug-likeness (QED) is 0.394. The molecule has 0 aliphatic rings. The number of fused-ring (bicyclic) bond motifs is 5. The molecule has 5 aromatic rings. The van der Waals surface area contributed by atoms with Crippen LogP contribution in [0.5, 0.6) is 0 Å². The van der Waals surface area contributed by atoms with Gasteiger partial charge in [-0.25, -0.2) is 4.40 Å². The molecule has 5 rings (SSSR count). The number of para-hydroxylation sites is 2. The van der Waals surface area contributed by atoms with Crippen LogP contribution in [0.4, 0.5) is 5.69 Å². The minimum atomic E-state index is -0.192. The van der Waals surface area contributed by atoms with Crippen molar-refractivity contribution in [2.45, 2.75) is 18.6 Å². The van der Waals surface area contributed by atoms with E-state index in [1.165, 1.54) is 11.8 Å². The molecule has 3 aromatic heterocycles. The third-order valence-electron chi connectivity index (χ3n) is 4.69. The van der Waals surface area contributed by atoms with Crippen LogP contribution in [0, 0.1) is 0 Å². The number of aromatic nitrogens is 6. The van der Waals surface area contributed by atoms with Gasteiger partial charge in [0, 0.05) is 12.2 Å². The second-order valence-corrected chi connectivity index (χ2v) is 8.29. The number of nitrogens with zero attached hydrogens (tertiary/aromatic N) is 6. The van der Waals surface area contributed by atoms with Gasteiger partial charge >= 0.3 is 0 Å². The van der Waals surface area contributed by atoms with Crippen molar-refractivity contribution in [2.75, 3.05) is 11.1 Å². The number of hydrogen-bond donors (Lipinski definition) is 1. The van der Waals surface area contributed by atoms with Gasteiger partial charge in [0.1, 0.15) is 0 Å². The van der Waals surface area contributed by atoms with Gasteiger partial charge in [-0.15, -0.1) is 15.3 Å². The summed E-state index contributed by atoms with van der Waals surface area (Å²) in [4.78, 5) is 12.3. The van der Waals surface area contributed by atoms with Gasteiger partial charge in [-0.05, 0) is 37.3 Å². The molecule has 0 spiro atoms. The van der Waals surface area contributed by atoms with E-state index >= 15 is 0 Å². The number of rotatable bonds is 5. The molecule has 0 saturated heterocycles. The molecule has 0 fully saturated rings. The molecule has 0 radical (unpaired) electrons. The van der Waals surface area contributed by atoms with Crippen LogP contribution in [0.25, 0.3) is 22.6 Å². The number of aryl methyl sites for hydroxylation is 1. The minimum Gasteiger partial charge on any atom is -0.325 e. The number of nitrogens with one attached hydrogen (secondary N) is 1. The Morgan fingerprint density at radius 1 is 1.07 bits per heavy atom. The zero-order chi connectivity index (χ0) is 20.8. The number of carbonyl (C=O) groups excluding carboxylic acids is 1. The number of amides is 1. The van der Waals surface area contributed by atoms with E-state index in [1.54, 1.807) is 22.7 Å². The number of imidazole rings is 1. The van der Waals surface area contributed by atoms with Crippen molar-refractivity contribution in [3.8, 4) is 0 Å². The van der Waals surface area contributed by atoms with Crippen LogP contribution in [-0.2, 0) is 11.3 Å². The molecule has 3 heterocycles. The highest BCUT2D eigenvalue weighted by atomic mass is 35.5. The summed E-state index contributed by atoms with van der Waals surface area (Å²) >= 11 is 13.2. The Balaban J connectivity index is 1.42. The molecule has 0 saturated carbocycles. The lowest BCUT2D eigenvalue weighted by molar-refractivity contribution is -0.113. The highest BCUT2D eigenvalue weighted by Gasteiger charge is 2.20. The van der Waals surface area contributed by atoms with Gasteiger partial charge in [-0.2, -0.15) is 4.52 Å². The summed E-state index contributed by atoms with van der Waals surface area (Å²) in [6.45, 7) is 2.85. The average Bonchev–Trinajstić information content (AvgIpc) is 3.38. The molecule has 0 atom stereocenters. The van der Waals surface area contributed by atoms with Gasteiger partial charge < -0.3 is 9.88 Å². The van der Waals surface area contributed by atoms with Crippen molar-refractivity contribution in [3.63, 3.8) is 0 Å². The monoisotopic (exact) mass is 459 g/mol. The first-order valence-corrected chi connectivity index (χ1v) is 10.9. The van der Waals surface area contributed by atoms with Gasteiger partial charge in [-0.1, -0.05) is 47.1 Å². The van der Waals surface area contributed by atoms with E-state index in [0.717, 1.165) is 23.4 Å². The maximum Gasteiger partial charge on any atom is 0.260 e. The molecule has 1 amide bonds. The number of carbonyl (C=O) groups is 1. The van der Waals surface area contributed by atoms with Crippen LogP contribution < -0.4 is 5.32 Å². The molecule has 11 heteroatoms. The van der Waals surface area contributed by atoms with E-state index in [2.05, 4.69) is 33.1 Å². The van der Waals surface area contributed by atoms with Crippen molar-refractivity contribution in [2.24, 2.45) is 0 Å². The molecular weight excluding hydrogens is 445 g/mol. The van der Waals surface area contributed by atoms with Crippen LogP contribution >= 0.6 is 35.0 Å². The molecule has 1 N–H and O–H groups in total. The first-order chi connectivity index (χ1) is 14.6. The maximum atomic E-state index is 12.3. The molecule has 0 unspecified atom stereocenters. The fraction of sp³-hybridized carbons (Fsp3) is 0.158. The molecule has 0 aliphatic carbocycles. The summed E-state index contributed by atoms with van der Waals surface area (Å²) in [7, 11) is 0. The van der Waals surface area contributed by atoms with Crippen LogP contribution in [0.3, 0.4) is 0 Å². The Hall–Kier alpha value is -2.75. The van der Waals surface area contributed by atoms with Gasteiger partial charge in [0.25, 0.3) is 5.78 Å². The Morgan fingerprint density at radius 2 is 1.87 bits per heavy atom. The number of anilines is 1. The lowest BCUT2D eigenvalue weighted by Crippen LogP contribution is -2.14. The number of halogens is 2. The van der Waals surface area contributed by atoms with E-state index in [9.17, 15) is 4.79 Å². The Kier molecular flexibility index (Phi) is 4.80. The predicted octanol–water partition coefficient (Wildman–Crippen LogP) is 4.39. The lowest BCUT2D eigenvalue weighted by atomic mass is 10.3. The predicted molar refractivity (Wildman–Crippen MR) is 119 cm³/mol. The largest absolute Gasteiger partial charge is 0.325 e. The highest BCUT2D eigenvalue weighted by molar-refractivity contribution is 7.99. The van der Waals surface area contributed by atoms with Crippen molar-refractivity contribution in [3.05, 3.63) is 52.5 Å². The summed E-state index contributed by atoms with van der Waals surface area (Å²) in [6, 6.07) is 13.0. The molecule has 0 bridgehead atoms. The van der Waals surface area contributed by atoms with Gasteiger partial charge in [-0.3, -0.25) is 4.79 Å². The number of hydrogen-bond acceptors (Lipinski definition) is 5. The van der Waals surface area contributed by atoms with Gasteiger partial charge in [0.15, 0.2) is 0 Å². The Labute approximate surface area is 184 Å². The smallest absolute Gasteiger partial charge is 0.260 e. The zero-order valence-corrected chi connectivity index (χ0v) is 18.0. The van der Waals surface area contributed by atoms with E-state index in [1.807, 2.05) is 22.6 Å². The standard InChI is InChI=1S/C19H15Cl2N7OS/c1-2-26-14-5-3-4-6-15(14)27-17-23-24-19(28(17)25-18(26)27)30-10-16(29)22-11-7-8-12(20)13(21)9-11/h3-9H,2,10H2,1H3,(H,22,29). The van der Waals surface area contributed by atoms with Crippen molar-refractivity contribution < 1.29 is 4.79 Å². The topological polar surface area (TPSA) is 81.5 Å². The summed E-state index contributed by atoms with van der Waals surface area (Å²) in [5.41, 5.74) is 2.68. The zero-order valence-electron chi connectivity index (χ0n) is 15.7. The third kappa shape index (κ3) is 3.10. The number of thioether (sulfide) groups is 1. The first-order valence-electron chi connectivity index (χ1n) is 9.15. The lowest BCUT2D eigenvalue weighted by Gasteiger charge is -2.05. The molecule has 2 aromatic carbocycles. The molecule has 8 nitrogen and oxygen atoms in total. The van der Waals surface area contributed by atoms with Crippen LogP contribution in [0.2, 0.25) is 10.0 Å². The van der Waals surface area contributed by atoms with Crippen LogP contribution in [0.15, 0.2) is 47.6 Å². The molecule has 0 aliphatic heterocycles. The van der Waals surface area contributed by atoms with E-state index in [-0.39, 0.29) is 11.7 Å².